The molecule has 1 aromatic carbocycles. The maximum Gasteiger partial charge on any atom is 0.339 e. The average molecular weight is 307 g/mol. The number of carbonyl (C=O) groups is 1. The van der Waals surface area contributed by atoms with Crippen LogP contribution in [0.2, 0.25) is 10.0 Å². The summed E-state index contributed by atoms with van der Waals surface area (Å²) < 4.78 is 26.8. The number of nitrogens with zero attached hydrogens (tertiary/aromatic N) is 2. The van der Waals surface area contributed by atoms with Gasteiger partial charge in [-0.05, 0) is 18.2 Å². The van der Waals surface area contributed by atoms with Crippen molar-refractivity contribution in [2.45, 2.75) is 6.43 Å². The van der Waals surface area contributed by atoms with Crippen LogP contribution < -0.4 is 0 Å². The second-order valence-corrected chi connectivity index (χ2v) is 4.37. The minimum Gasteiger partial charge on any atom is -0.478 e. The summed E-state index contributed by atoms with van der Waals surface area (Å²) in [6, 6.07) is 4.16. The van der Waals surface area contributed by atoms with Crippen molar-refractivity contribution >= 4 is 29.2 Å². The largest absolute Gasteiger partial charge is 0.478 e. The normalized spacial score (nSPS) is 11.0. The number of carboxylic acid groups (broad SMARTS) is 1. The number of aromatic nitrogens is 2. The molecule has 0 saturated heterocycles. The molecule has 0 saturated carbocycles. The Labute approximate surface area is 116 Å². The standard InChI is InChI=1S/C11H6Cl2F2N2O2/c12-7-2-1-5(3-8(7)13)17-9(10(14)15)6(4-16-17)11(18)19/h1-4,10H,(H,18,19). The summed E-state index contributed by atoms with van der Waals surface area (Å²) >= 11 is 11.5. The molecule has 19 heavy (non-hydrogen) atoms. The summed E-state index contributed by atoms with van der Waals surface area (Å²) in [6.07, 6.45) is -2.12. The highest BCUT2D eigenvalue weighted by atomic mass is 35.5. The Morgan fingerprint density at radius 2 is 2.00 bits per heavy atom. The van der Waals surface area contributed by atoms with Crippen LogP contribution in [0, 0.1) is 0 Å². The van der Waals surface area contributed by atoms with Crippen molar-refractivity contribution in [2.24, 2.45) is 0 Å². The molecule has 2 aromatic rings. The van der Waals surface area contributed by atoms with Crippen LogP contribution in [0.3, 0.4) is 0 Å². The zero-order chi connectivity index (χ0) is 14.2. The molecule has 0 aliphatic heterocycles. The SMILES string of the molecule is O=C(O)c1cnn(-c2ccc(Cl)c(Cl)c2)c1C(F)F. The van der Waals surface area contributed by atoms with Gasteiger partial charge in [0.2, 0.25) is 0 Å². The Morgan fingerprint density at radius 3 is 2.53 bits per heavy atom. The maximum atomic E-state index is 13.0. The third kappa shape index (κ3) is 2.54. The first-order chi connectivity index (χ1) is 8.91. The van der Waals surface area contributed by atoms with Crippen LogP contribution in [0.15, 0.2) is 24.4 Å². The number of halogens is 4. The van der Waals surface area contributed by atoms with Crippen molar-refractivity contribution in [1.82, 2.24) is 9.78 Å². The average Bonchev–Trinajstić information content (AvgIpc) is 2.77. The first-order valence-corrected chi connectivity index (χ1v) is 5.72. The first-order valence-electron chi connectivity index (χ1n) is 4.96. The van der Waals surface area contributed by atoms with Crippen LogP contribution in [0.5, 0.6) is 0 Å². The highest BCUT2D eigenvalue weighted by Crippen LogP contribution is 2.29. The van der Waals surface area contributed by atoms with E-state index in [-0.39, 0.29) is 15.7 Å². The van der Waals surface area contributed by atoms with Gasteiger partial charge in [0.05, 0.1) is 21.9 Å². The van der Waals surface area contributed by atoms with Gasteiger partial charge in [-0.25, -0.2) is 18.3 Å². The topological polar surface area (TPSA) is 55.1 Å². The second-order valence-electron chi connectivity index (χ2n) is 3.56. The Kier molecular flexibility index (Phi) is 3.73. The summed E-state index contributed by atoms with van der Waals surface area (Å²) in [6.45, 7) is 0. The van der Waals surface area contributed by atoms with Crippen molar-refractivity contribution in [3.63, 3.8) is 0 Å². The molecular formula is C11H6Cl2F2N2O2. The Bertz CT molecular complexity index is 644. The number of hydrogen-bond acceptors (Lipinski definition) is 2. The highest BCUT2D eigenvalue weighted by Gasteiger charge is 2.25. The summed E-state index contributed by atoms with van der Waals surface area (Å²) in [5.41, 5.74) is -1.05. The molecule has 0 spiro atoms. The molecule has 0 aliphatic carbocycles. The van der Waals surface area contributed by atoms with Crippen molar-refractivity contribution < 1.29 is 18.7 Å². The molecule has 0 radical (unpaired) electrons. The van der Waals surface area contributed by atoms with Gasteiger partial charge in [0.25, 0.3) is 6.43 Å². The van der Waals surface area contributed by atoms with Crippen molar-refractivity contribution in [3.05, 3.63) is 45.7 Å². The zero-order valence-electron chi connectivity index (χ0n) is 9.15. The van der Waals surface area contributed by atoms with Gasteiger partial charge >= 0.3 is 5.97 Å². The lowest BCUT2D eigenvalue weighted by atomic mass is 10.2. The van der Waals surface area contributed by atoms with Crippen LogP contribution >= 0.6 is 23.2 Å². The van der Waals surface area contributed by atoms with E-state index in [0.717, 1.165) is 10.9 Å². The van der Waals surface area contributed by atoms with Gasteiger partial charge in [-0.2, -0.15) is 5.10 Å². The summed E-state index contributed by atoms with van der Waals surface area (Å²) in [5.74, 6) is -1.47. The lowest BCUT2D eigenvalue weighted by Gasteiger charge is -2.08. The van der Waals surface area contributed by atoms with E-state index >= 15 is 0 Å². The van der Waals surface area contributed by atoms with Crippen LogP contribution in [-0.4, -0.2) is 20.9 Å². The predicted octanol–water partition coefficient (Wildman–Crippen LogP) is 3.81. The molecule has 2 rings (SSSR count). The number of benzene rings is 1. The smallest absolute Gasteiger partial charge is 0.339 e. The second kappa shape index (κ2) is 5.14. The summed E-state index contributed by atoms with van der Waals surface area (Å²) in [4.78, 5) is 10.9. The number of alkyl halides is 2. The minimum absolute atomic E-state index is 0.159. The van der Waals surface area contributed by atoms with Crippen molar-refractivity contribution in [1.29, 1.82) is 0 Å². The Hall–Kier alpha value is -1.66. The number of carboxylic acids is 1. The van der Waals surface area contributed by atoms with E-state index in [4.69, 9.17) is 28.3 Å². The van der Waals surface area contributed by atoms with E-state index in [1.165, 1.54) is 18.2 Å². The molecule has 0 amide bonds. The fourth-order valence-electron chi connectivity index (χ4n) is 1.56. The molecule has 100 valence electrons. The van der Waals surface area contributed by atoms with Gasteiger partial charge in [0.1, 0.15) is 11.3 Å². The van der Waals surface area contributed by atoms with E-state index in [9.17, 15) is 13.6 Å². The molecular weight excluding hydrogens is 301 g/mol. The number of rotatable bonds is 3. The zero-order valence-corrected chi connectivity index (χ0v) is 10.7. The Morgan fingerprint density at radius 1 is 1.32 bits per heavy atom. The fraction of sp³-hybridized carbons (Fsp3) is 0.0909. The van der Waals surface area contributed by atoms with Crippen LogP contribution in [0.4, 0.5) is 8.78 Å². The molecule has 1 aromatic heterocycles. The third-order valence-corrected chi connectivity index (χ3v) is 3.13. The Balaban J connectivity index is 2.62. The van der Waals surface area contributed by atoms with E-state index in [1.54, 1.807) is 0 Å². The summed E-state index contributed by atoms with van der Waals surface area (Å²) in [7, 11) is 0. The molecule has 8 heteroatoms. The molecule has 0 atom stereocenters. The summed E-state index contributed by atoms with van der Waals surface area (Å²) in [5, 5.41) is 12.9. The first kappa shape index (κ1) is 13.8. The van der Waals surface area contributed by atoms with E-state index < -0.39 is 23.7 Å². The van der Waals surface area contributed by atoms with E-state index in [2.05, 4.69) is 5.10 Å². The molecule has 4 nitrogen and oxygen atoms in total. The molecule has 1 N–H and O–H groups in total. The monoisotopic (exact) mass is 306 g/mol. The lowest BCUT2D eigenvalue weighted by Crippen LogP contribution is -2.07. The third-order valence-electron chi connectivity index (χ3n) is 2.39. The van der Waals surface area contributed by atoms with Gasteiger partial charge in [0.15, 0.2) is 0 Å². The van der Waals surface area contributed by atoms with Gasteiger partial charge in [0, 0.05) is 0 Å². The van der Waals surface area contributed by atoms with Gasteiger partial charge < -0.3 is 5.11 Å². The number of aromatic carboxylic acids is 1. The van der Waals surface area contributed by atoms with Crippen molar-refractivity contribution in [2.75, 3.05) is 0 Å². The molecule has 0 bridgehead atoms. The van der Waals surface area contributed by atoms with Crippen LogP contribution in [-0.2, 0) is 0 Å². The maximum absolute atomic E-state index is 13.0. The fourth-order valence-corrected chi connectivity index (χ4v) is 1.85. The lowest BCUT2D eigenvalue weighted by molar-refractivity contribution is 0.0683. The predicted molar refractivity (Wildman–Crippen MR) is 65.5 cm³/mol. The van der Waals surface area contributed by atoms with Crippen molar-refractivity contribution in [3.8, 4) is 5.69 Å². The van der Waals surface area contributed by atoms with E-state index in [0.29, 0.717) is 0 Å². The van der Waals surface area contributed by atoms with Crippen LogP contribution in [0.25, 0.3) is 5.69 Å². The van der Waals surface area contributed by atoms with Crippen LogP contribution in [0.1, 0.15) is 22.5 Å². The molecule has 0 fully saturated rings. The van der Waals surface area contributed by atoms with Gasteiger partial charge in [-0.1, -0.05) is 23.2 Å². The molecule has 0 aliphatic rings. The number of hydrogen-bond donors (Lipinski definition) is 1. The molecule has 0 unspecified atom stereocenters. The van der Waals surface area contributed by atoms with E-state index in [1.807, 2.05) is 0 Å². The minimum atomic E-state index is -2.98. The molecule has 1 heterocycles. The van der Waals surface area contributed by atoms with Gasteiger partial charge in [-0.15, -0.1) is 0 Å². The highest BCUT2D eigenvalue weighted by molar-refractivity contribution is 6.42. The quantitative estimate of drug-likeness (QED) is 0.938. The van der Waals surface area contributed by atoms with Gasteiger partial charge in [-0.3, -0.25) is 0 Å².